The van der Waals surface area contributed by atoms with E-state index in [-0.39, 0.29) is 0 Å². The van der Waals surface area contributed by atoms with Gasteiger partial charge in [-0.3, -0.25) is 0 Å². The molecule has 0 bridgehead atoms. The van der Waals surface area contributed by atoms with Crippen molar-refractivity contribution in [2.75, 3.05) is 19.0 Å². The van der Waals surface area contributed by atoms with Gasteiger partial charge < -0.3 is 14.8 Å². The molecule has 0 fully saturated rings. The second kappa shape index (κ2) is 6.69. The SMILES string of the molecule is CCOc1ccccc1NCc1ccccc1OC. The molecule has 1 N–H and O–H groups in total. The van der Waals surface area contributed by atoms with Gasteiger partial charge in [0, 0.05) is 12.1 Å². The second-order valence-corrected chi connectivity index (χ2v) is 4.09. The van der Waals surface area contributed by atoms with Crippen LogP contribution < -0.4 is 14.8 Å². The Morgan fingerprint density at radius 2 is 1.63 bits per heavy atom. The molecule has 0 aliphatic heterocycles. The fourth-order valence-electron chi connectivity index (χ4n) is 1.93. The Morgan fingerprint density at radius 1 is 0.947 bits per heavy atom. The highest BCUT2D eigenvalue weighted by Gasteiger charge is 2.04. The quantitative estimate of drug-likeness (QED) is 0.855. The fraction of sp³-hybridized carbons (Fsp3) is 0.250. The van der Waals surface area contributed by atoms with Crippen molar-refractivity contribution in [2.24, 2.45) is 0 Å². The summed E-state index contributed by atoms with van der Waals surface area (Å²) in [6.07, 6.45) is 0. The maximum atomic E-state index is 5.59. The van der Waals surface area contributed by atoms with Gasteiger partial charge in [-0.2, -0.15) is 0 Å². The van der Waals surface area contributed by atoms with Gasteiger partial charge in [-0.05, 0) is 25.1 Å². The zero-order chi connectivity index (χ0) is 13.5. The molecule has 0 aromatic heterocycles. The van der Waals surface area contributed by atoms with Gasteiger partial charge in [0.15, 0.2) is 0 Å². The van der Waals surface area contributed by atoms with E-state index in [0.29, 0.717) is 13.2 Å². The van der Waals surface area contributed by atoms with Crippen LogP contribution in [-0.4, -0.2) is 13.7 Å². The molecular formula is C16H19NO2. The molecule has 0 aliphatic carbocycles. The van der Waals surface area contributed by atoms with Gasteiger partial charge in [0.25, 0.3) is 0 Å². The highest BCUT2D eigenvalue weighted by molar-refractivity contribution is 5.56. The molecule has 3 nitrogen and oxygen atoms in total. The second-order valence-electron chi connectivity index (χ2n) is 4.09. The Labute approximate surface area is 114 Å². The summed E-state index contributed by atoms with van der Waals surface area (Å²) in [4.78, 5) is 0. The van der Waals surface area contributed by atoms with Crippen molar-refractivity contribution < 1.29 is 9.47 Å². The summed E-state index contributed by atoms with van der Waals surface area (Å²) < 4.78 is 10.9. The number of rotatable bonds is 6. The largest absolute Gasteiger partial charge is 0.496 e. The van der Waals surface area contributed by atoms with E-state index in [0.717, 1.165) is 22.7 Å². The molecule has 0 atom stereocenters. The van der Waals surface area contributed by atoms with Crippen molar-refractivity contribution in [2.45, 2.75) is 13.5 Å². The lowest BCUT2D eigenvalue weighted by Crippen LogP contribution is -2.03. The van der Waals surface area contributed by atoms with Crippen molar-refractivity contribution >= 4 is 5.69 Å². The summed E-state index contributed by atoms with van der Waals surface area (Å²) in [5.74, 6) is 1.77. The van der Waals surface area contributed by atoms with Crippen molar-refractivity contribution in [3.8, 4) is 11.5 Å². The monoisotopic (exact) mass is 257 g/mol. The zero-order valence-corrected chi connectivity index (χ0v) is 11.3. The van der Waals surface area contributed by atoms with Crippen LogP contribution >= 0.6 is 0 Å². The number of ether oxygens (including phenoxy) is 2. The number of nitrogens with one attached hydrogen (secondary N) is 1. The number of methoxy groups -OCH3 is 1. The molecule has 0 aliphatic rings. The van der Waals surface area contributed by atoms with Crippen LogP contribution in [-0.2, 0) is 6.54 Å². The molecule has 0 saturated heterocycles. The van der Waals surface area contributed by atoms with Crippen molar-refractivity contribution in [1.29, 1.82) is 0 Å². The highest BCUT2D eigenvalue weighted by atomic mass is 16.5. The first-order valence-electron chi connectivity index (χ1n) is 6.42. The molecule has 0 unspecified atom stereocenters. The molecule has 0 saturated carbocycles. The number of anilines is 1. The predicted molar refractivity (Wildman–Crippen MR) is 77.9 cm³/mol. The van der Waals surface area contributed by atoms with E-state index in [1.807, 2.05) is 49.4 Å². The summed E-state index contributed by atoms with van der Waals surface area (Å²) >= 11 is 0. The Kier molecular flexibility index (Phi) is 4.67. The predicted octanol–water partition coefficient (Wildman–Crippen LogP) is 3.71. The lowest BCUT2D eigenvalue weighted by molar-refractivity contribution is 0.341. The Balaban J connectivity index is 2.10. The number of para-hydroxylation sites is 3. The molecule has 0 spiro atoms. The minimum Gasteiger partial charge on any atom is -0.496 e. The third-order valence-corrected chi connectivity index (χ3v) is 2.85. The minimum atomic E-state index is 0.660. The fourth-order valence-corrected chi connectivity index (χ4v) is 1.93. The Morgan fingerprint density at radius 3 is 2.37 bits per heavy atom. The summed E-state index contributed by atoms with van der Waals surface area (Å²) in [6.45, 7) is 3.35. The van der Waals surface area contributed by atoms with Crippen LogP contribution in [0, 0.1) is 0 Å². The van der Waals surface area contributed by atoms with Crippen LogP contribution in [0.4, 0.5) is 5.69 Å². The van der Waals surface area contributed by atoms with Crippen LogP contribution in [0.3, 0.4) is 0 Å². The molecule has 2 aromatic rings. The van der Waals surface area contributed by atoms with Crippen molar-refractivity contribution in [3.05, 3.63) is 54.1 Å². The third kappa shape index (κ3) is 3.41. The smallest absolute Gasteiger partial charge is 0.142 e. The Bertz CT molecular complexity index is 526. The molecule has 2 aromatic carbocycles. The molecule has 0 radical (unpaired) electrons. The minimum absolute atomic E-state index is 0.660. The first kappa shape index (κ1) is 13.3. The number of hydrogen-bond donors (Lipinski definition) is 1. The molecule has 0 amide bonds. The van der Waals surface area contributed by atoms with Gasteiger partial charge in [-0.25, -0.2) is 0 Å². The highest BCUT2D eigenvalue weighted by Crippen LogP contribution is 2.25. The van der Waals surface area contributed by atoms with Gasteiger partial charge in [-0.15, -0.1) is 0 Å². The molecular weight excluding hydrogens is 238 g/mol. The summed E-state index contributed by atoms with van der Waals surface area (Å²) in [7, 11) is 1.69. The summed E-state index contributed by atoms with van der Waals surface area (Å²) in [5, 5.41) is 3.38. The van der Waals surface area contributed by atoms with Gasteiger partial charge >= 0.3 is 0 Å². The van der Waals surface area contributed by atoms with Crippen LogP contribution in [0.2, 0.25) is 0 Å². The zero-order valence-electron chi connectivity index (χ0n) is 11.3. The van der Waals surface area contributed by atoms with Crippen LogP contribution in [0.25, 0.3) is 0 Å². The van der Waals surface area contributed by atoms with E-state index in [2.05, 4.69) is 11.4 Å². The first-order chi connectivity index (χ1) is 9.35. The molecule has 19 heavy (non-hydrogen) atoms. The van der Waals surface area contributed by atoms with Crippen LogP contribution in [0.5, 0.6) is 11.5 Å². The molecule has 100 valence electrons. The van der Waals surface area contributed by atoms with Crippen molar-refractivity contribution in [1.82, 2.24) is 0 Å². The number of benzene rings is 2. The third-order valence-electron chi connectivity index (χ3n) is 2.85. The van der Waals surface area contributed by atoms with Gasteiger partial charge in [0.1, 0.15) is 11.5 Å². The summed E-state index contributed by atoms with van der Waals surface area (Å²) in [5.41, 5.74) is 2.12. The van der Waals surface area contributed by atoms with Crippen LogP contribution in [0.1, 0.15) is 12.5 Å². The first-order valence-corrected chi connectivity index (χ1v) is 6.42. The van der Waals surface area contributed by atoms with E-state index >= 15 is 0 Å². The molecule has 0 heterocycles. The van der Waals surface area contributed by atoms with Gasteiger partial charge in [0.05, 0.1) is 19.4 Å². The lowest BCUT2D eigenvalue weighted by Gasteiger charge is -2.13. The van der Waals surface area contributed by atoms with Crippen molar-refractivity contribution in [3.63, 3.8) is 0 Å². The maximum absolute atomic E-state index is 5.59. The van der Waals surface area contributed by atoms with Gasteiger partial charge in [0.2, 0.25) is 0 Å². The number of hydrogen-bond acceptors (Lipinski definition) is 3. The van der Waals surface area contributed by atoms with E-state index in [1.54, 1.807) is 7.11 Å². The van der Waals surface area contributed by atoms with Gasteiger partial charge in [-0.1, -0.05) is 30.3 Å². The van der Waals surface area contributed by atoms with E-state index in [9.17, 15) is 0 Å². The lowest BCUT2D eigenvalue weighted by atomic mass is 10.2. The normalized spacial score (nSPS) is 10.0. The standard InChI is InChI=1S/C16H19NO2/c1-3-19-16-11-7-5-9-14(16)17-12-13-8-4-6-10-15(13)18-2/h4-11,17H,3,12H2,1-2H3. The summed E-state index contributed by atoms with van der Waals surface area (Å²) in [6, 6.07) is 15.9. The Hall–Kier alpha value is -2.16. The topological polar surface area (TPSA) is 30.5 Å². The molecule has 3 heteroatoms. The van der Waals surface area contributed by atoms with E-state index < -0.39 is 0 Å². The maximum Gasteiger partial charge on any atom is 0.142 e. The molecule has 2 rings (SSSR count). The van der Waals surface area contributed by atoms with E-state index in [1.165, 1.54) is 0 Å². The average molecular weight is 257 g/mol. The average Bonchev–Trinajstić information content (AvgIpc) is 2.47. The van der Waals surface area contributed by atoms with E-state index in [4.69, 9.17) is 9.47 Å². The van der Waals surface area contributed by atoms with Crippen LogP contribution in [0.15, 0.2) is 48.5 Å².